The summed E-state index contributed by atoms with van der Waals surface area (Å²) in [6.07, 6.45) is -5.33. The molecule has 0 radical (unpaired) electrons. The molecule has 5 unspecified atom stereocenters. The SMILES string of the molecule is CC(=O)NC1C(O)OC(COC=O)C(O)C1O. The molecule has 1 aliphatic heterocycles. The first kappa shape index (κ1) is 13.8. The van der Waals surface area contributed by atoms with Crippen molar-refractivity contribution >= 4 is 12.4 Å². The maximum Gasteiger partial charge on any atom is 0.293 e. The number of carbonyl (C=O) groups is 2. The van der Waals surface area contributed by atoms with Crippen LogP contribution in [0, 0.1) is 0 Å². The van der Waals surface area contributed by atoms with E-state index in [1.54, 1.807) is 0 Å². The van der Waals surface area contributed by atoms with Crippen LogP contribution in [0.3, 0.4) is 0 Å². The molecule has 8 heteroatoms. The second-order valence-electron chi connectivity index (χ2n) is 3.70. The van der Waals surface area contributed by atoms with Gasteiger partial charge in [-0.2, -0.15) is 0 Å². The Hall–Kier alpha value is -1.22. The summed E-state index contributed by atoms with van der Waals surface area (Å²) in [5, 5.41) is 31.1. The van der Waals surface area contributed by atoms with E-state index in [0.29, 0.717) is 0 Å². The third kappa shape index (κ3) is 3.37. The molecule has 0 aromatic rings. The second kappa shape index (κ2) is 5.92. The fourth-order valence-electron chi connectivity index (χ4n) is 1.61. The van der Waals surface area contributed by atoms with E-state index < -0.39 is 36.6 Å². The predicted octanol–water partition coefficient (Wildman–Crippen LogP) is -2.90. The third-order valence-electron chi connectivity index (χ3n) is 2.42. The maximum absolute atomic E-state index is 10.8. The average molecular weight is 249 g/mol. The lowest BCUT2D eigenvalue weighted by atomic mass is 9.97. The lowest BCUT2D eigenvalue weighted by Gasteiger charge is -2.40. The number of hydrogen-bond acceptors (Lipinski definition) is 7. The molecule has 0 bridgehead atoms. The Morgan fingerprint density at radius 1 is 1.41 bits per heavy atom. The first-order valence-electron chi connectivity index (χ1n) is 4.99. The highest BCUT2D eigenvalue weighted by atomic mass is 16.6. The fourth-order valence-corrected chi connectivity index (χ4v) is 1.61. The Balaban J connectivity index is 2.65. The minimum Gasteiger partial charge on any atom is -0.465 e. The zero-order valence-electron chi connectivity index (χ0n) is 9.15. The van der Waals surface area contributed by atoms with Crippen LogP contribution >= 0.6 is 0 Å². The summed E-state index contributed by atoms with van der Waals surface area (Å²) in [5.74, 6) is -0.480. The van der Waals surface area contributed by atoms with Gasteiger partial charge >= 0.3 is 0 Å². The summed E-state index contributed by atoms with van der Waals surface area (Å²) in [5.41, 5.74) is 0. The number of hydrogen-bond donors (Lipinski definition) is 4. The minimum atomic E-state index is -1.49. The molecule has 1 amide bonds. The van der Waals surface area contributed by atoms with Crippen molar-refractivity contribution < 1.29 is 34.4 Å². The van der Waals surface area contributed by atoms with Gasteiger partial charge < -0.3 is 30.1 Å². The highest BCUT2D eigenvalue weighted by Crippen LogP contribution is 2.20. The van der Waals surface area contributed by atoms with Crippen molar-refractivity contribution in [3.05, 3.63) is 0 Å². The van der Waals surface area contributed by atoms with E-state index in [9.17, 15) is 24.9 Å². The van der Waals surface area contributed by atoms with Crippen LogP contribution in [0.15, 0.2) is 0 Å². The second-order valence-corrected chi connectivity index (χ2v) is 3.70. The van der Waals surface area contributed by atoms with Crippen LogP contribution < -0.4 is 5.32 Å². The Bertz CT molecular complexity index is 285. The van der Waals surface area contributed by atoms with Crippen molar-refractivity contribution in [2.24, 2.45) is 0 Å². The fraction of sp³-hybridized carbons (Fsp3) is 0.778. The molecule has 17 heavy (non-hydrogen) atoms. The number of nitrogens with one attached hydrogen (secondary N) is 1. The van der Waals surface area contributed by atoms with Gasteiger partial charge in [-0.1, -0.05) is 0 Å². The third-order valence-corrected chi connectivity index (χ3v) is 2.42. The van der Waals surface area contributed by atoms with Crippen molar-refractivity contribution in [3.8, 4) is 0 Å². The Kier molecular flexibility index (Phi) is 4.82. The first-order valence-corrected chi connectivity index (χ1v) is 4.99. The summed E-state index contributed by atoms with van der Waals surface area (Å²) < 4.78 is 9.31. The quantitative estimate of drug-likeness (QED) is 0.394. The number of aliphatic hydroxyl groups is 3. The van der Waals surface area contributed by atoms with Crippen LogP contribution in [-0.4, -0.2) is 64.9 Å². The molecule has 1 saturated heterocycles. The van der Waals surface area contributed by atoms with E-state index in [1.807, 2.05) is 0 Å². The molecular weight excluding hydrogens is 234 g/mol. The van der Waals surface area contributed by atoms with Gasteiger partial charge in [0.2, 0.25) is 5.91 Å². The van der Waals surface area contributed by atoms with E-state index in [0.717, 1.165) is 0 Å². The van der Waals surface area contributed by atoms with Crippen LogP contribution in [0.25, 0.3) is 0 Å². The largest absolute Gasteiger partial charge is 0.465 e. The van der Waals surface area contributed by atoms with Crippen LogP contribution in [0.5, 0.6) is 0 Å². The molecule has 1 aliphatic rings. The topological polar surface area (TPSA) is 125 Å². The van der Waals surface area contributed by atoms with Crippen molar-refractivity contribution in [3.63, 3.8) is 0 Å². The molecule has 1 heterocycles. The van der Waals surface area contributed by atoms with E-state index in [4.69, 9.17) is 4.74 Å². The molecule has 1 rings (SSSR count). The maximum atomic E-state index is 10.8. The summed E-state index contributed by atoms with van der Waals surface area (Å²) in [7, 11) is 0. The summed E-state index contributed by atoms with van der Waals surface area (Å²) in [4.78, 5) is 20.8. The number of carbonyl (C=O) groups excluding carboxylic acids is 2. The van der Waals surface area contributed by atoms with Crippen LogP contribution in [-0.2, 0) is 19.1 Å². The molecule has 4 N–H and O–H groups in total. The van der Waals surface area contributed by atoms with Crippen LogP contribution in [0.4, 0.5) is 0 Å². The molecule has 0 spiro atoms. The summed E-state index contributed by atoms with van der Waals surface area (Å²) in [6.45, 7) is 1.06. The monoisotopic (exact) mass is 249 g/mol. The number of ether oxygens (including phenoxy) is 2. The van der Waals surface area contributed by atoms with Gasteiger partial charge in [0, 0.05) is 6.92 Å². The van der Waals surface area contributed by atoms with Gasteiger partial charge in [-0.3, -0.25) is 9.59 Å². The smallest absolute Gasteiger partial charge is 0.293 e. The van der Waals surface area contributed by atoms with Crippen LogP contribution in [0.2, 0.25) is 0 Å². The van der Waals surface area contributed by atoms with Crippen molar-refractivity contribution in [1.82, 2.24) is 5.32 Å². The zero-order chi connectivity index (χ0) is 13.0. The number of rotatable bonds is 4. The summed E-state index contributed by atoms with van der Waals surface area (Å²) in [6, 6.07) is -1.13. The van der Waals surface area contributed by atoms with Gasteiger partial charge in [0.05, 0.1) is 0 Å². The lowest BCUT2D eigenvalue weighted by Crippen LogP contribution is -2.64. The minimum absolute atomic E-state index is 0.161. The average Bonchev–Trinajstić information content (AvgIpc) is 2.27. The predicted molar refractivity (Wildman–Crippen MR) is 52.5 cm³/mol. The van der Waals surface area contributed by atoms with E-state index in [1.165, 1.54) is 6.92 Å². The molecule has 0 aliphatic carbocycles. The van der Waals surface area contributed by atoms with E-state index >= 15 is 0 Å². The molecule has 0 saturated carbocycles. The van der Waals surface area contributed by atoms with Gasteiger partial charge in [-0.15, -0.1) is 0 Å². The van der Waals surface area contributed by atoms with E-state index in [2.05, 4.69) is 10.1 Å². The Morgan fingerprint density at radius 3 is 2.59 bits per heavy atom. The Morgan fingerprint density at radius 2 is 2.06 bits per heavy atom. The highest BCUT2D eigenvalue weighted by Gasteiger charge is 2.44. The van der Waals surface area contributed by atoms with Gasteiger partial charge in [-0.25, -0.2) is 0 Å². The molecule has 5 atom stereocenters. The van der Waals surface area contributed by atoms with Gasteiger partial charge in [0.1, 0.15) is 31.0 Å². The van der Waals surface area contributed by atoms with E-state index in [-0.39, 0.29) is 13.1 Å². The summed E-state index contributed by atoms with van der Waals surface area (Å²) >= 11 is 0. The zero-order valence-corrected chi connectivity index (χ0v) is 9.15. The van der Waals surface area contributed by atoms with Crippen molar-refractivity contribution in [2.45, 2.75) is 37.6 Å². The molecule has 0 aromatic heterocycles. The van der Waals surface area contributed by atoms with Gasteiger partial charge in [0.25, 0.3) is 6.47 Å². The van der Waals surface area contributed by atoms with Crippen molar-refractivity contribution in [1.29, 1.82) is 0 Å². The van der Waals surface area contributed by atoms with Gasteiger partial charge in [0.15, 0.2) is 6.29 Å². The normalized spacial score (nSPS) is 37.3. The van der Waals surface area contributed by atoms with Crippen molar-refractivity contribution in [2.75, 3.05) is 6.61 Å². The Labute approximate surface area is 97.1 Å². The molecule has 0 aromatic carbocycles. The first-order chi connectivity index (χ1) is 7.97. The molecule has 8 nitrogen and oxygen atoms in total. The van der Waals surface area contributed by atoms with Gasteiger partial charge in [-0.05, 0) is 0 Å². The number of amides is 1. The standard InChI is InChI=1S/C9H15NO7/c1-4(12)10-6-8(14)7(13)5(2-16-3-11)17-9(6)15/h3,5-9,13-15H,2H2,1H3,(H,10,12). The number of aliphatic hydroxyl groups excluding tert-OH is 3. The molecule has 1 fully saturated rings. The highest BCUT2D eigenvalue weighted by molar-refractivity contribution is 5.73. The van der Waals surface area contributed by atoms with Crippen LogP contribution in [0.1, 0.15) is 6.92 Å². The lowest BCUT2D eigenvalue weighted by molar-refractivity contribution is -0.254. The molecular formula is C9H15NO7. The molecule has 98 valence electrons.